The Balaban J connectivity index is 1.70. The lowest BCUT2D eigenvalue weighted by atomic mass is 10.2. The van der Waals surface area contributed by atoms with E-state index in [4.69, 9.17) is 4.74 Å². The molecule has 0 fully saturated rings. The van der Waals surface area contributed by atoms with Gasteiger partial charge in [-0.1, -0.05) is 5.16 Å². The number of fused-ring (bicyclic) bond motifs is 1. The zero-order valence-electron chi connectivity index (χ0n) is 11.8. The average Bonchev–Trinajstić information content (AvgIpc) is 3.07. The van der Waals surface area contributed by atoms with Crippen LogP contribution in [-0.2, 0) is 13.1 Å². The first-order valence-corrected chi connectivity index (χ1v) is 6.78. The molecule has 1 amide bonds. The molecule has 22 heavy (non-hydrogen) atoms. The van der Waals surface area contributed by atoms with Crippen molar-refractivity contribution < 1.29 is 22.8 Å². The van der Waals surface area contributed by atoms with E-state index in [2.05, 4.69) is 20.1 Å². The molecular formula is C13H14F2N4O3. The number of amides is 1. The van der Waals surface area contributed by atoms with Crippen LogP contribution in [0, 0.1) is 6.92 Å². The third-order valence-corrected chi connectivity index (χ3v) is 3.30. The lowest BCUT2D eigenvalue weighted by Gasteiger charge is -2.13. The first-order valence-electron chi connectivity index (χ1n) is 6.78. The van der Waals surface area contributed by atoms with Gasteiger partial charge in [0.2, 0.25) is 11.6 Å². The molecule has 0 saturated heterocycles. The predicted molar refractivity (Wildman–Crippen MR) is 69.7 cm³/mol. The third kappa shape index (κ3) is 2.66. The van der Waals surface area contributed by atoms with Gasteiger partial charge in [-0.05, 0) is 6.92 Å². The summed E-state index contributed by atoms with van der Waals surface area (Å²) in [5.41, 5.74) is 0.494. The molecule has 7 nitrogen and oxygen atoms in total. The summed E-state index contributed by atoms with van der Waals surface area (Å²) < 4.78 is 37.2. The highest BCUT2D eigenvalue weighted by Gasteiger charge is 2.26. The highest BCUT2D eigenvalue weighted by molar-refractivity contribution is 5.96. The summed E-state index contributed by atoms with van der Waals surface area (Å²) in [5, 5.41) is 10.2. The zero-order chi connectivity index (χ0) is 15.7. The molecule has 0 atom stereocenters. The van der Waals surface area contributed by atoms with Crippen LogP contribution < -0.4 is 10.1 Å². The van der Waals surface area contributed by atoms with Gasteiger partial charge in [0, 0.05) is 19.0 Å². The number of hydrogen-bond donors (Lipinski definition) is 1. The van der Waals surface area contributed by atoms with Gasteiger partial charge in [-0.3, -0.25) is 4.79 Å². The second-order valence-electron chi connectivity index (χ2n) is 4.89. The van der Waals surface area contributed by atoms with E-state index in [1.807, 2.05) is 0 Å². The molecule has 0 bridgehead atoms. The Morgan fingerprint density at radius 3 is 3.09 bits per heavy atom. The monoisotopic (exact) mass is 312 g/mol. The van der Waals surface area contributed by atoms with E-state index >= 15 is 0 Å². The smallest absolute Gasteiger partial charge is 0.298 e. The molecule has 3 heterocycles. The number of rotatable bonds is 4. The van der Waals surface area contributed by atoms with E-state index < -0.39 is 18.1 Å². The van der Waals surface area contributed by atoms with E-state index in [1.54, 1.807) is 10.7 Å². The largest absolute Gasteiger partial charge is 0.478 e. The van der Waals surface area contributed by atoms with Crippen LogP contribution >= 0.6 is 0 Å². The quantitative estimate of drug-likeness (QED) is 0.931. The van der Waals surface area contributed by atoms with Crippen LogP contribution in [0.15, 0.2) is 10.6 Å². The summed E-state index contributed by atoms with van der Waals surface area (Å²) in [6.07, 6.45) is -2.02. The minimum absolute atomic E-state index is 0.107. The predicted octanol–water partition coefficient (Wildman–Crippen LogP) is 1.83. The second-order valence-corrected chi connectivity index (χ2v) is 4.89. The van der Waals surface area contributed by atoms with Crippen molar-refractivity contribution in [1.29, 1.82) is 0 Å². The molecule has 2 aromatic heterocycles. The lowest BCUT2D eigenvalue weighted by molar-refractivity contribution is 0.0906. The maximum Gasteiger partial charge on any atom is 0.298 e. The number of ether oxygens (including phenoxy) is 1. The average molecular weight is 312 g/mol. The van der Waals surface area contributed by atoms with Crippen molar-refractivity contribution in [2.75, 3.05) is 6.61 Å². The Morgan fingerprint density at radius 1 is 1.55 bits per heavy atom. The molecular weight excluding hydrogens is 298 g/mol. The Morgan fingerprint density at radius 2 is 2.36 bits per heavy atom. The van der Waals surface area contributed by atoms with Crippen molar-refractivity contribution in [3.63, 3.8) is 0 Å². The summed E-state index contributed by atoms with van der Waals surface area (Å²) in [7, 11) is 0. The maximum absolute atomic E-state index is 12.8. The molecule has 3 rings (SSSR count). The number of aryl methyl sites for hydroxylation is 2. The van der Waals surface area contributed by atoms with Gasteiger partial charge in [-0.2, -0.15) is 5.10 Å². The summed E-state index contributed by atoms with van der Waals surface area (Å²) >= 11 is 0. The topological polar surface area (TPSA) is 82.2 Å². The molecule has 0 aliphatic carbocycles. The summed E-state index contributed by atoms with van der Waals surface area (Å²) in [6.45, 7) is 2.93. The van der Waals surface area contributed by atoms with E-state index in [1.165, 1.54) is 6.92 Å². The summed E-state index contributed by atoms with van der Waals surface area (Å²) in [4.78, 5) is 12.1. The molecule has 1 aliphatic heterocycles. The number of nitrogens with zero attached hydrogens (tertiary/aromatic N) is 3. The van der Waals surface area contributed by atoms with Crippen LogP contribution in [0.5, 0.6) is 5.88 Å². The van der Waals surface area contributed by atoms with Crippen molar-refractivity contribution in [3.05, 3.63) is 28.8 Å². The first kappa shape index (κ1) is 14.5. The SMILES string of the molecule is Cc1noc(C(F)F)c1C(=O)NCc1cc2n(n1)CCCO2. The van der Waals surface area contributed by atoms with E-state index in [0.29, 0.717) is 18.2 Å². The van der Waals surface area contributed by atoms with Gasteiger partial charge in [-0.15, -0.1) is 0 Å². The van der Waals surface area contributed by atoms with Gasteiger partial charge in [0.05, 0.1) is 24.5 Å². The number of hydrogen-bond acceptors (Lipinski definition) is 5. The van der Waals surface area contributed by atoms with Crippen molar-refractivity contribution in [2.45, 2.75) is 32.9 Å². The normalized spacial score (nSPS) is 13.8. The van der Waals surface area contributed by atoms with Crippen LogP contribution in [-0.4, -0.2) is 27.5 Å². The first-order chi connectivity index (χ1) is 10.6. The van der Waals surface area contributed by atoms with Crippen molar-refractivity contribution in [3.8, 4) is 5.88 Å². The number of nitrogens with one attached hydrogen (secondary N) is 1. The molecule has 0 radical (unpaired) electrons. The number of aromatic nitrogens is 3. The molecule has 9 heteroatoms. The van der Waals surface area contributed by atoms with Crippen molar-refractivity contribution in [1.82, 2.24) is 20.3 Å². The van der Waals surface area contributed by atoms with Crippen molar-refractivity contribution in [2.24, 2.45) is 0 Å². The fraction of sp³-hybridized carbons (Fsp3) is 0.462. The fourth-order valence-electron chi connectivity index (χ4n) is 2.28. The highest BCUT2D eigenvalue weighted by Crippen LogP contribution is 2.25. The van der Waals surface area contributed by atoms with Crippen LogP contribution in [0.25, 0.3) is 0 Å². The van der Waals surface area contributed by atoms with Gasteiger partial charge in [0.15, 0.2) is 0 Å². The molecule has 1 aliphatic rings. The molecule has 0 aromatic carbocycles. The van der Waals surface area contributed by atoms with Gasteiger partial charge in [0.1, 0.15) is 5.56 Å². The second kappa shape index (κ2) is 5.74. The molecule has 0 saturated carbocycles. The minimum atomic E-state index is -2.89. The summed E-state index contributed by atoms with van der Waals surface area (Å²) in [6, 6.07) is 1.72. The van der Waals surface area contributed by atoms with Crippen LogP contribution in [0.1, 0.15) is 40.4 Å². The third-order valence-electron chi connectivity index (χ3n) is 3.30. The Bertz CT molecular complexity index is 672. The van der Waals surface area contributed by atoms with E-state index in [0.717, 1.165) is 13.0 Å². The molecule has 118 valence electrons. The highest BCUT2D eigenvalue weighted by atomic mass is 19.3. The van der Waals surface area contributed by atoms with Gasteiger partial charge in [0.25, 0.3) is 12.3 Å². The van der Waals surface area contributed by atoms with Crippen LogP contribution in [0.2, 0.25) is 0 Å². The Kier molecular flexibility index (Phi) is 3.78. The van der Waals surface area contributed by atoms with Gasteiger partial charge in [-0.25, -0.2) is 13.5 Å². The molecule has 0 spiro atoms. The molecule has 0 unspecified atom stereocenters. The van der Waals surface area contributed by atoms with E-state index in [9.17, 15) is 13.6 Å². The zero-order valence-corrected chi connectivity index (χ0v) is 11.8. The van der Waals surface area contributed by atoms with Crippen LogP contribution in [0.4, 0.5) is 8.78 Å². The Labute approximate surface area is 124 Å². The fourth-order valence-corrected chi connectivity index (χ4v) is 2.28. The van der Waals surface area contributed by atoms with Crippen molar-refractivity contribution >= 4 is 5.91 Å². The number of halogens is 2. The number of carbonyl (C=O) groups excluding carboxylic acids is 1. The lowest BCUT2D eigenvalue weighted by Crippen LogP contribution is -2.24. The maximum atomic E-state index is 12.8. The molecule has 1 N–H and O–H groups in total. The molecule has 2 aromatic rings. The van der Waals surface area contributed by atoms with Gasteiger partial charge >= 0.3 is 0 Å². The van der Waals surface area contributed by atoms with Crippen LogP contribution in [0.3, 0.4) is 0 Å². The summed E-state index contributed by atoms with van der Waals surface area (Å²) in [5.74, 6) is -0.742. The van der Waals surface area contributed by atoms with E-state index in [-0.39, 0.29) is 17.8 Å². The standard InChI is InChI=1S/C13H14F2N4O3/c1-7-10(11(12(14)15)22-18-7)13(20)16-6-8-5-9-19(17-8)3-2-4-21-9/h5,12H,2-4,6H2,1H3,(H,16,20). The number of carbonyl (C=O) groups is 1. The Hall–Kier alpha value is -2.45. The number of alkyl halides is 2. The van der Waals surface area contributed by atoms with Gasteiger partial charge < -0.3 is 14.6 Å². The minimum Gasteiger partial charge on any atom is -0.478 e.